The summed E-state index contributed by atoms with van der Waals surface area (Å²) in [4.78, 5) is 36.6. The summed E-state index contributed by atoms with van der Waals surface area (Å²) >= 11 is 0. The number of methoxy groups -OCH3 is 1. The smallest absolute Gasteiger partial charge is 0.329 e. The van der Waals surface area contributed by atoms with Crippen LogP contribution >= 0.6 is 0 Å². The van der Waals surface area contributed by atoms with Gasteiger partial charge in [0.1, 0.15) is 12.3 Å². The lowest BCUT2D eigenvalue weighted by molar-refractivity contribution is -0.117. The van der Waals surface area contributed by atoms with Crippen LogP contribution in [0.3, 0.4) is 0 Å². The van der Waals surface area contributed by atoms with Gasteiger partial charge >= 0.3 is 5.69 Å². The Hall–Kier alpha value is -3.55. The van der Waals surface area contributed by atoms with Gasteiger partial charge in [0, 0.05) is 19.2 Å². The van der Waals surface area contributed by atoms with E-state index in [1.165, 1.54) is 18.6 Å². The normalized spacial score (nSPS) is 10.7. The van der Waals surface area contributed by atoms with Gasteiger partial charge in [-0.05, 0) is 37.3 Å². The Morgan fingerprint density at radius 1 is 1.04 bits per heavy atom. The number of imidazole rings is 1. The van der Waals surface area contributed by atoms with Crippen LogP contribution in [0, 0.1) is 0 Å². The molecule has 2 N–H and O–H groups in total. The van der Waals surface area contributed by atoms with Gasteiger partial charge in [-0.1, -0.05) is 12.1 Å². The van der Waals surface area contributed by atoms with Crippen molar-refractivity contribution in [1.82, 2.24) is 9.13 Å². The molecule has 0 atom stereocenters. The zero-order valence-corrected chi connectivity index (χ0v) is 16.0. The molecule has 146 valence electrons. The maximum Gasteiger partial charge on any atom is 0.329 e. The van der Waals surface area contributed by atoms with Crippen molar-refractivity contribution in [2.24, 2.45) is 0 Å². The molecule has 0 fully saturated rings. The molecule has 0 unspecified atom stereocenters. The zero-order valence-electron chi connectivity index (χ0n) is 16.0. The Bertz CT molecular complexity index is 1100. The highest BCUT2D eigenvalue weighted by atomic mass is 16.5. The number of nitrogens with one attached hydrogen (secondary N) is 2. The molecule has 0 saturated heterocycles. The molecule has 28 heavy (non-hydrogen) atoms. The molecule has 0 saturated carbocycles. The number of amides is 2. The first kappa shape index (κ1) is 19.2. The number of rotatable bonds is 6. The fourth-order valence-electron chi connectivity index (χ4n) is 3.15. The van der Waals surface area contributed by atoms with E-state index in [1.807, 2.05) is 31.2 Å². The van der Waals surface area contributed by atoms with Crippen LogP contribution in [0.5, 0.6) is 5.75 Å². The third kappa shape index (κ3) is 3.75. The van der Waals surface area contributed by atoms with Gasteiger partial charge in [-0.2, -0.15) is 0 Å². The highest BCUT2D eigenvalue weighted by Gasteiger charge is 2.16. The number of hydrogen-bond donors (Lipinski definition) is 2. The molecule has 0 aliphatic rings. The van der Waals surface area contributed by atoms with Crippen LogP contribution in [0.15, 0.2) is 47.3 Å². The summed E-state index contributed by atoms with van der Waals surface area (Å²) in [6.07, 6.45) is 0. The van der Waals surface area contributed by atoms with Crippen molar-refractivity contribution in [3.63, 3.8) is 0 Å². The van der Waals surface area contributed by atoms with Crippen molar-refractivity contribution in [1.29, 1.82) is 0 Å². The van der Waals surface area contributed by atoms with Crippen molar-refractivity contribution < 1.29 is 14.3 Å². The first-order valence-corrected chi connectivity index (χ1v) is 8.88. The van der Waals surface area contributed by atoms with Crippen molar-refractivity contribution in [2.45, 2.75) is 26.9 Å². The zero-order chi connectivity index (χ0) is 20.3. The minimum atomic E-state index is -0.376. The molecule has 2 aromatic carbocycles. The van der Waals surface area contributed by atoms with Crippen LogP contribution < -0.4 is 21.1 Å². The molecular formula is C20H22N4O4. The monoisotopic (exact) mass is 382 g/mol. The topological polar surface area (TPSA) is 94.4 Å². The van der Waals surface area contributed by atoms with Crippen LogP contribution in [0.25, 0.3) is 11.0 Å². The second-order valence-corrected chi connectivity index (χ2v) is 6.25. The Balaban J connectivity index is 1.89. The molecule has 0 aliphatic heterocycles. The summed E-state index contributed by atoms with van der Waals surface area (Å²) in [5, 5.41) is 5.42. The SMILES string of the molecule is CCn1c(=O)n(CC(=O)Nc2cc(NC(C)=O)ccc2OC)c2ccccc21. The Labute approximate surface area is 161 Å². The van der Waals surface area contributed by atoms with Crippen LogP contribution in [-0.2, 0) is 22.7 Å². The fraction of sp³-hybridized carbons (Fsp3) is 0.250. The molecule has 3 rings (SSSR count). The quantitative estimate of drug-likeness (QED) is 0.685. The largest absolute Gasteiger partial charge is 0.495 e. The molecule has 8 heteroatoms. The first-order valence-electron chi connectivity index (χ1n) is 8.88. The third-order valence-corrected chi connectivity index (χ3v) is 4.34. The van der Waals surface area contributed by atoms with Gasteiger partial charge in [0.25, 0.3) is 0 Å². The molecule has 0 bridgehead atoms. The number of carbonyl (C=O) groups is 2. The first-order chi connectivity index (χ1) is 13.4. The third-order valence-electron chi connectivity index (χ3n) is 4.34. The Kier molecular flexibility index (Phi) is 5.49. The van der Waals surface area contributed by atoms with E-state index in [-0.39, 0.29) is 24.0 Å². The number of carbonyl (C=O) groups excluding carboxylic acids is 2. The highest BCUT2D eigenvalue weighted by molar-refractivity contribution is 5.95. The van der Waals surface area contributed by atoms with Gasteiger partial charge in [-0.15, -0.1) is 0 Å². The summed E-state index contributed by atoms with van der Waals surface area (Å²) in [5.41, 5.74) is 2.18. The minimum Gasteiger partial charge on any atom is -0.495 e. The number of aromatic nitrogens is 2. The second-order valence-electron chi connectivity index (χ2n) is 6.25. The number of benzene rings is 2. The molecule has 1 heterocycles. The van der Waals surface area contributed by atoms with Gasteiger partial charge in [0.15, 0.2) is 0 Å². The summed E-state index contributed by atoms with van der Waals surface area (Å²) < 4.78 is 8.34. The number of fused-ring (bicyclic) bond motifs is 1. The molecule has 8 nitrogen and oxygen atoms in total. The van der Waals surface area contributed by atoms with Crippen molar-refractivity contribution in [2.75, 3.05) is 17.7 Å². The molecular weight excluding hydrogens is 360 g/mol. The minimum absolute atomic E-state index is 0.139. The van der Waals surface area contributed by atoms with Gasteiger partial charge in [0.05, 0.1) is 23.8 Å². The average molecular weight is 382 g/mol. The summed E-state index contributed by atoms with van der Waals surface area (Å²) in [7, 11) is 1.49. The maximum atomic E-state index is 12.7. The maximum absolute atomic E-state index is 12.7. The standard InChI is InChI=1S/C20H22N4O4/c1-4-23-16-7-5-6-8-17(16)24(20(23)27)12-19(26)22-15-11-14(21-13(2)25)9-10-18(15)28-3/h5-11H,4,12H2,1-3H3,(H,21,25)(H,22,26). The van der Waals surface area contributed by atoms with E-state index in [0.29, 0.717) is 29.2 Å². The number of para-hydroxylation sites is 2. The number of aryl methyl sites for hydroxylation is 1. The van der Waals surface area contributed by atoms with E-state index in [9.17, 15) is 14.4 Å². The van der Waals surface area contributed by atoms with E-state index in [0.717, 1.165) is 5.52 Å². The van der Waals surface area contributed by atoms with Crippen molar-refractivity contribution in [3.8, 4) is 5.75 Å². The van der Waals surface area contributed by atoms with Crippen LogP contribution in [0.1, 0.15) is 13.8 Å². The molecule has 2 amide bonds. The van der Waals surface area contributed by atoms with E-state index < -0.39 is 0 Å². The van der Waals surface area contributed by atoms with Gasteiger partial charge in [-0.3, -0.25) is 18.7 Å². The molecule has 0 radical (unpaired) electrons. The van der Waals surface area contributed by atoms with E-state index in [2.05, 4.69) is 10.6 Å². The lowest BCUT2D eigenvalue weighted by Gasteiger charge is -2.12. The predicted octanol–water partition coefficient (Wildman–Crippen LogP) is 2.43. The van der Waals surface area contributed by atoms with E-state index in [1.54, 1.807) is 22.8 Å². The summed E-state index contributed by atoms with van der Waals surface area (Å²) in [6.45, 7) is 3.66. The van der Waals surface area contributed by atoms with Crippen LogP contribution in [-0.4, -0.2) is 28.1 Å². The molecule has 3 aromatic rings. The van der Waals surface area contributed by atoms with Crippen molar-refractivity contribution in [3.05, 3.63) is 52.9 Å². The van der Waals surface area contributed by atoms with Gasteiger partial charge < -0.3 is 15.4 Å². The average Bonchev–Trinajstić information content (AvgIpc) is 2.93. The second kappa shape index (κ2) is 7.99. The molecule has 0 spiro atoms. The number of hydrogen-bond acceptors (Lipinski definition) is 4. The lowest BCUT2D eigenvalue weighted by atomic mass is 10.2. The highest BCUT2D eigenvalue weighted by Crippen LogP contribution is 2.28. The molecule has 0 aliphatic carbocycles. The predicted molar refractivity (Wildman–Crippen MR) is 108 cm³/mol. The Morgan fingerprint density at radius 3 is 2.32 bits per heavy atom. The number of anilines is 2. The Morgan fingerprint density at radius 2 is 1.71 bits per heavy atom. The van der Waals surface area contributed by atoms with E-state index >= 15 is 0 Å². The van der Waals surface area contributed by atoms with Crippen LogP contribution in [0.2, 0.25) is 0 Å². The number of ether oxygens (including phenoxy) is 1. The van der Waals surface area contributed by atoms with Crippen molar-refractivity contribution >= 4 is 34.2 Å². The summed E-state index contributed by atoms with van der Waals surface area (Å²) in [6, 6.07) is 12.3. The number of nitrogens with zero attached hydrogens (tertiary/aromatic N) is 2. The lowest BCUT2D eigenvalue weighted by Crippen LogP contribution is -2.29. The van der Waals surface area contributed by atoms with Gasteiger partial charge in [-0.25, -0.2) is 4.79 Å². The molecule has 1 aromatic heterocycles. The fourth-order valence-corrected chi connectivity index (χ4v) is 3.15. The van der Waals surface area contributed by atoms with E-state index in [4.69, 9.17) is 4.74 Å². The van der Waals surface area contributed by atoms with Crippen LogP contribution in [0.4, 0.5) is 11.4 Å². The summed E-state index contributed by atoms with van der Waals surface area (Å²) in [5.74, 6) is -0.147. The van der Waals surface area contributed by atoms with Gasteiger partial charge in [0.2, 0.25) is 11.8 Å².